The number of halogens is 1. The zero-order chi connectivity index (χ0) is 15.6. The Morgan fingerprint density at radius 3 is 2.67 bits per heavy atom. The van der Waals surface area contributed by atoms with Gasteiger partial charge < -0.3 is 10.4 Å². The number of nitrogens with zero attached hydrogens (tertiary/aromatic N) is 1. The number of nitrogens with one attached hydrogen (secondary N) is 1. The van der Waals surface area contributed by atoms with E-state index in [-0.39, 0.29) is 19.1 Å². The third-order valence-electron chi connectivity index (χ3n) is 3.15. The van der Waals surface area contributed by atoms with E-state index in [2.05, 4.69) is 17.2 Å². The molecule has 0 bridgehead atoms. The van der Waals surface area contributed by atoms with E-state index in [0.29, 0.717) is 11.1 Å². The first-order valence-electron chi connectivity index (χ1n) is 6.37. The van der Waals surface area contributed by atoms with Gasteiger partial charge in [-0.2, -0.15) is 0 Å². The van der Waals surface area contributed by atoms with Crippen molar-refractivity contribution < 1.29 is 19.1 Å². The van der Waals surface area contributed by atoms with Gasteiger partial charge in [-0.1, -0.05) is 17.9 Å². The van der Waals surface area contributed by atoms with Crippen molar-refractivity contribution in [2.45, 2.75) is 25.9 Å². The number of carbonyl (C=O) groups is 2. The average molecular weight is 290 g/mol. The summed E-state index contributed by atoms with van der Waals surface area (Å²) in [5, 5.41) is 11.3. The molecule has 5 nitrogen and oxygen atoms in total. The second-order valence-corrected chi connectivity index (χ2v) is 5.21. The lowest BCUT2D eigenvalue weighted by Crippen LogP contribution is -2.40. The van der Waals surface area contributed by atoms with Crippen molar-refractivity contribution in [1.82, 2.24) is 10.2 Å². The molecule has 0 radical (unpaired) electrons. The van der Waals surface area contributed by atoms with Crippen molar-refractivity contribution in [1.29, 1.82) is 0 Å². The third-order valence-corrected chi connectivity index (χ3v) is 3.15. The predicted octanol–water partition coefficient (Wildman–Crippen LogP) is 1.000. The molecular weight excluding hydrogens is 275 g/mol. The molecule has 0 atom stereocenters. The molecule has 0 aliphatic carbocycles. The van der Waals surface area contributed by atoms with Crippen LogP contribution in [-0.2, 0) is 11.3 Å². The number of rotatable bonds is 2. The SMILES string of the molecule is CC1(C)NC(=O)N(Cc2ccc(F)cc2C#CCO)C1=O. The Bertz CT molecular complexity index is 659. The van der Waals surface area contributed by atoms with Gasteiger partial charge in [0.2, 0.25) is 0 Å². The maximum Gasteiger partial charge on any atom is 0.325 e. The van der Waals surface area contributed by atoms with Crippen molar-refractivity contribution in [2.75, 3.05) is 6.61 Å². The lowest BCUT2D eigenvalue weighted by Gasteiger charge is -2.16. The fraction of sp³-hybridized carbons (Fsp3) is 0.333. The summed E-state index contributed by atoms with van der Waals surface area (Å²) in [6, 6.07) is 3.43. The highest BCUT2D eigenvalue weighted by molar-refractivity contribution is 6.06. The van der Waals surface area contributed by atoms with E-state index in [0.717, 1.165) is 4.90 Å². The monoisotopic (exact) mass is 290 g/mol. The molecule has 1 fully saturated rings. The number of benzene rings is 1. The van der Waals surface area contributed by atoms with Gasteiger partial charge in [0.1, 0.15) is 18.0 Å². The first kappa shape index (κ1) is 15.0. The number of hydrogen-bond acceptors (Lipinski definition) is 3. The molecule has 1 aromatic carbocycles. The van der Waals surface area contributed by atoms with E-state index in [1.807, 2.05) is 0 Å². The third kappa shape index (κ3) is 3.03. The largest absolute Gasteiger partial charge is 0.384 e. The number of aliphatic hydroxyl groups is 1. The summed E-state index contributed by atoms with van der Waals surface area (Å²) < 4.78 is 13.3. The molecule has 6 heteroatoms. The van der Waals surface area contributed by atoms with Crippen molar-refractivity contribution in [2.24, 2.45) is 0 Å². The van der Waals surface area contributed by atoms with Gasteiger partial charge in [0, 0.05) is 5.56 Å². The fourth-order valence-electron chi connectivity index (χ4n) is 2.07. The van der Waals surface area contributed by atoms with Gasteiger partial charge in [-0.3, -0.25) is 9.69 Å². The summed E-state index contributed by atoms with van der Waals surface area (Å²) in [5.41, 5.74) is -0.0680. The van der Waals surface area contributed by atoms with Crippen molar-refractivity contribution in [3.63, 3.8) is 0 Å². The van der Waals surface area contributed by atoms with Crippen LogP contribution in [0.15, 0.2) is 18.2 Å². The minimum atomic E-state index is -0.950. The Morgan fingerprint density at radius 1 is 1.38 bits per heavy atom. The molecular formula is C15H15FN2O3. The number of urea groups is 1. The normalized spacial score (nSPS) is 16.5. The molecule has 0 saturated carbocycles. The highest BCUT2D eigenvalue weighted by atomic mass is 19.1. The Morgan fingerprint density at radius 2 is 2.10 bits per heavy atom. The van der Waals surface area contributed by atoms with Crippen molar-refractivity contribution in [3.8, 4) is 11.8 Å². The van der Waals surface area contributed by atoms with E-state index in [9.17, 15) is 14.0 Å². The topological polar surface area (TPSA) is 69.6 Å². The van der Waals surface area contributed by atoms with E-state index < -0.39 is 17.4 Å². The second kappa shape index (κ2) is 5.54. The zero-order valence-electron chi connectivity index (χ0n) is 11.7. The number of amides is 3. The van der Waals surface area contributed by atoms with Gasteiger partial charge in [-0.25, -0.2) is 9.18 Å². The second-order valence-electron chi connectivity index (χ2n) is 5.21. The van der Waals surface area contributed by atoms with Crippen molar-refractivity contribution in [3.05, 3.63) is 35.1 Å². The standard InChI is InChI=1S/C15H15FN2O3/c1-15(2)13(20)18(14(21)17-15)9-11-5-6-12(16)8-10(11)4-3-7-19/h5-6,8,19H,7,9H2,1-2H3,(H,17,21). The first-order chi connectivity index (χ1) is 9.85. The van der Waals surface area contributed by atoms with Crippen LogP contribution in [0.5, 0.6) is 0 Å². The molecule has 1 aliphatic heterocycles. The molecule has 1 aliphatic rings. The van der Waals surface area contributed by atoms with Crippen LogP contribution in [-0.4, -0.2) is 34.1 Å². The van der Waals surface area contributed by atoms with Crippen LogP contribution in [0.1, 0.15) is 25.0 Å². The number of hydrogen-bond donors (Lipinski definition) is 2. The molecule has 2 rings (SSSR count). The molecule has 1 aromatic rings. The molecule has 110 valence electrons. The van der Waals surface area contributed by atoms with E-state index >= 15 is 0 Å². The van der Waals surface area contributed by atoms with Crippen LogP contribution in [0, 0.1) is 17.7 Å². The van der Waals surface area contributed by atoms with E-state index in [1.165, 1.54) is 18.2 Å². The predicted molar refractivity (Wildman–Crippen MR) is 73.5 cm³/mol. The molecule has 1 saturated heterocycles. The van der Waals surface area contributed by atoms with Crippen LogP contribution in [0.3, 0.4) is 0 Å². The molecule has 0 unspecified atom stereocenters. The van der Waals surface area contributed by atoms with Gasteiger partial charge >= 0.3 is 6.03 Å². The summed E-state index contributed by atoms with van der Waals surface area (Å²) in [6.07, 6.45) is 0. The van der Waals surface area contributed by atoms with Gasteiger partial charge in [0.05, 0.1) is 6.54 Å². The maximum absolute atomic E-state index is 13.3. The van der Waals surface area contributed by atoms with Crippen LogP contribution in [0.2, 0.25) is 0 Å². The Hall–Kier alpha value is -2.39. The highest BCUT2D eigenvalue weighted by Gasteiger charge is 2.44. The molecule has 1 heterocycles. The van der Waals surface area contributed by atoms with Crippen LogP contribution in [0.25, 0.3) is 0 Å². The lowest BCUT2D eigenvalue weighted by atomic mass is 10.0. The summed E-state index contributed by atoms with van der Waals surface area (Å²) in [4.78, 5) is 25.0. The quantitative estimate of drug-likeness (QED) is 0.630. The molecule has 3 amide bonds. The number of imide groups is 1. The fourth-order valence-corrected chi connectivity index (χ4v) is 2.07. The van der Waals surface area contributed by atoms with Gasteiger partial charge in [-0.15, -0.1) is 0 Å². The van der Waals surface area contributed by atoms with Crippen LogP contribution < -0.4 is 5.32 Å². The smallest absolute Gasteiger partial charge is 0.325 e. The van der Waals surface area contributed by atoms with Crippen molar-refractivity contribution >= 4 is 11.9 Å². The summed E-state index contributed by atoms with van der Waals surface area (Å²) >= 11 is 0. The molecule has 2 N–H and O–H groups in total. The summed E-state index contributed by atoms with van der Waals surface area (Å²) in [5.74, 6) is 4.23. The minimum Gasteiger partial charge on any atom is -0.384 e. The van der Waals surface area contributed by atoms with Gasteiger partial charge in [-0.05, 0) is 31.5 Å². The summed E-state index contributed by atoms with van der Waals surface area (Å²) in [6.45, 7) is 2.88. The van der Waals surface area contributed by atoms with Crippen LogP contribution >= 0.6 is 0 Å². The Balaban J connectivity index is 2.32. The van der Waals surface area contributed by atoms with Gasteiger partial charge in [0.25, 0.3) is 5.91 Å². The van der Waals surface area contributed by atoms with Crippen LogP contribution in [0.4, 0.5) is 9.18 Å². The highest BCUT2D eigenvalue weighted by Crippen LogP contribution is 2.21. The molecule has 0 aromatic heterocycles. The summed E-state index contributed by atoms with van der Waals surface area (Å²) in [7, 11) is 0. The number of aliphatic hydroxyl groups excluding tert-OH is 1. The maximum atomic E-state index is 13.3. The molecule has 21 heavy (non-hydrogen) atoms. The number of carbonyl (C=O) groups excluding carboxylic acids is 2. The van der Waals surface area contributed by atoms with E-state index in [4.69, 9.17) is 5.11 Å². The lowest BCUT2D eigenvalue weighted by molar-refractivity contribution is -0.130. The Kier molecular flexibility index (Phi) is 3.96. The van der Waals surface area contributed by atoms with E-state index in [1.54, 1.807) is 13.8 Å². The first-order valence-corrected chi connectivity index (χ1v) is 6.37. The Labute approximate surface area is 121 Å². The average Bonchev–Trinajstić information content (AvgIpc) is 2.60. The minimum absolute atomic E-state index is 0.00379. The van der Waals surface area contributed by atoms with Gasteiger partial charge in [0.15, 0.2) is 0 Å². The molecule has 0 spiro atoms. The zero-order valence-corrected chi connectivity index (χ0v) is 11.7.